The molecule has 0 unspecified atom stereocenters. The number of benzene rings is 2. The molecule has 20 heavy (non-hydrogen) atoms. The Labute approximate surface area is 130 Å². The van der Waals surface area contributed by atoms with Crippen LogP contribution >= 0.6 is 27.5 Å². The van der Waals surface area contributed by atoms with Gasteiger partial charge in [-0.05, 0) is 29.3 Å². The van der Waals surface area contributed by atoms with E-state index in [4.69, 9.17) is 21.4 Å². The highest BCUT2D eigenvalue weighted by atomic mass is 79.9. The summed E-state index contributed by atoms with van der Waals surface area (Å²) >= 11 is 9.39. The van der Waals surface area contributed by atoms with Crippen molar-refractivity contribution in [3.05, 3.63) is 63.1 Å². The zero-order chi connectivity index (χ0) is 14.5. The van der Waals surface area contributed by atoms with E-state index in [9.17, 15) is 4.79 Å². The summed E-state index contributed by atoms with van der Waals surface area (Å²) in [6, 6.07) is 12.7. The Hall–Kier alpha value is -1.52. The van der Waals surface area contributed by atoms with Gasteiger partial charge in [0.2, 0.25) is 0 Å². The maximum atomic E-state index is 10.6. The molecular formula is C15H12BrClO3. The van der Waals surface area contributed by atoms with Crippen LogP contribution in [0.25, 0.3) is 0 Å². The van der Waals surface area contributed by atoms with Gasteiger partial charge in [-0.1, -0.05) is 51.8 Å². The van der Waals surface area contributed by atoms with Crippen molar-refractivity contribution in [2.75, 3.05) is 0 Å². The van der Waals surface area contributed by atoms with Crippen molar-refractivity contribution in [2.24, 2.45) is 0 Å². The number of carbonyl (C=O) groups is 1. The van der Waals surface area contributed by atoms with Gasteiger partial charge in [-0.15, -0.1) is 0 Å². The van der Waals surface area contributed by atoms with Gasteiger partial charge in [0.15, 0.2) is 0 Å². The Morgan fingerprint density at radius 1 is 1.15 bits per heavy atom. The van der Waals surface area contributed by atoms with Gasteiger partial charge < -0.3 is 9.84 Å². The first-order chi connectivity index (χ1) is 9.54. The highest BCUT2D eigenvalue weighted by Gasteiger charge is 2.04. The molecule has 0 spiro atoms. The highest BCUT2D eigenvalue weighted by molar-refractivity contribution is 9.10. The van der Waals surface area contributed by atoms with E-state index in [0.29, 0.717) is 17.4 Å². The number of aliphatic carboxylic acids is 1. The van der Waals surface area contributed by atoms with Gasteiger partial charge in [-0.25, -0.2) is 0 Å². The SMILES string of the molecule is O=C(O)Cc1ccc(COc2cc(Br)ccc2Cl)cc1. The topological polar surface area (TPSA) is 46.5 Å². The van der Waals surface area contributed by atoms with E-state index in [-0.39, 0.29) is 6.42 Å². The summed E-state index contributed by atoms with van der Waals surface area (Å²) in [7, 11) is 0. The predicted octanol–water partition coefficient (Wildman–Crippen LogP) is 4.31. The summed E-state index contributed by atoms with van der Waals surface area (Å²) in [5.41, 5.74) is 1.72. The molecule has 2 aromatic carbocycles. The van der Waals surface area contributed by atoms with Crippen LogP contribution in [0.1, 0.15) is 11.1 Å². The van der Waals surface area contributed by atoms with Gasteiger partial charge in [0.25, 0.3) is 0 Å². The minimum absolute atomic E-state index is 0.0264. The van der Waals surface area contributed by atoms with Crippen molar-refractivity contribution in [1.82, 2.24) is 0 Å². The third-order valence-electron chi connectivity index (χ3n) is 2.67. The molecule has 3 nitrogen and oxygen atoms in total. The Morgan fingerprint density at radius 2 is 1.80 bits per heavy atom. The maximum Gasteiger partial charge on any atom is 0.307 e. The monoisotopic (exact) mass is 354 g/mol. The Bertz CT molecular complexity index is 611. The molecule has 0 bridgehead atoms. The summed E-state index contributed by atoms with van der Waals surface area (Å²) in [6.45, 7) is 0.378. The van der Waals surface area contributed by atoms with Crippen molar-refractivity contribution < 1.29 is 14.6 Å². The normalized spacial score (nSPS) is 10.3. The Morgan fingerprint density at radius 3 is 2.45 bits per heavy atom. The van der Waals surface area contributed by atoms with Crippen molar-refractivity contribution in [1.29, 1.82) is 0 Å². The standard InChI is InChI=1S/C15H12BrClO3/c16-12-5-6-13(17)14(8-12)20-9-11-3-1-10(2-4-11)7-15(18)19/h1-6,8H,7,9H2,(H,18,19). The molecule has 2 rings (SSSR count). The van der Waals surface area contributed by atoms with E-state index in [2.05, 4.69) is 15.9 Å². The summed E-state index contributed by atoms with van der Waals surface area (Å²) in [5.74, 6) is -0.231. The van der Waals surface area contributed by atoms with Gasteiger partial charge in [-0.2, -0.15) is 0 Å². The summed E-state index contributed by atoms with van der Waals surface area (Å²) in [5, 5.41) is 9.25. The van der Waals surface area contributed by atoms with Crippen LogP contribution in [0.5, 0.6) is 5.75 Å². The maximum absolute atomic E-state index is 10.6. The molecule has 5 heteroatoms. The minimum Gasteiger partial charge on any atom is -0.487 e. The lowest BCUT2D eigenvalue weighted by Crippen LogP contribution is -2.01. The molecule has 0 saturated carbocycles. The molecule has 0 amide bonds. The average Bonchev–Trinajstić information content (AvgIpc) is 2.41. The molecule has 1 N–H and O–H groups in total. The smallest absolute Gasteiger partial charge is 0.307 e. The van der Waals surface area contributed by atoms with E-state index in [1.807, 2.05) is 18.2 Å². The molecule has 0 saturated heterocycles. The summed E-state index contributed by atoms with van der Waals surface area (Å²) < 4.78 is 6.54. The first-order valence-corrected chi connectivity index (χ1v) is 7.09. The van der Waals surface area contributed by atoms with Gasteiger partial charge in [0.05, 0.1) is 11.4 Å². The molecule has 0 aromatic heterocycles. The largest absolute Gasteiger partial charge is 0.487 e. The van der Waals surface area contributed by atoms with Gasteiger partial charge in [0.1, 0.15) is 12.4 Å². The lowest BCUT2D eigenvalue weighted by Gasteiger charge is -2.09. The molecule has 0 atom stereocenters. The lowest BCUT2D eigenvalue weighted by atomic mass is 10.1. The molecule has 0 aliphatic rings. The number of rotatable bonds is 5. The lowest BCUT2D eigenvalue weighted by molar-refractivity contribution is -0.136. The van der Waals surface area contributed by atoms with Crippen LogP contribution in [0.4, 0.5) is 0 Å². The molecule has 0 aliphatic carbocycles. The second kappa shape index (κ2) is 6.77. The van der Waals surface area contributed by atoms with Crippen LogP contribution in [0.2, 0.25) is 5.02 Å². The van der Waals surface area contributed by atoms with Crippen LogP contribution < -0.4 is 4.74 Å². The van der Waals surface area contributed by atoms with Crippen molar-refractivity contribution in [3.63, 3.8) is 0 Å². The zero-order valence-corrected chi connectivity index (χ0v) is 12.8. The molecule has 0 radical (unpaired) electrons. The molecule has 0 heterocycles. The quantitative estimate of drug-likeness (QED) is 0.869. The van der Waals surface area contributed by atoms with Gasteiger partial charge in [0, 0.05) is 4.47 Å². The molecular weight excluding hydrogens is 344 g/mol. The summed E-state index contributed by atoms with van der Waals surface area (Å²) in [4.78, 5) is 10.6. The third-order valence-corrected chi connectivity index (χ3v) is 3.47. The highest BCUT2D eigenvalue weighted by Crippen LogP contribution is 2.28. The fourth-order valence-electron chi connectivity index (χ4n) is 1.68. The Balaban J connectivity index is 2.00. The zero-order valence-electron chi connectivity index (χ0n) is 10.5. The van der Waals surface area contributed by atoms with Crippen molar-refractivity contribution >= 4 is 33.5 Å². The third kappa shape index (κ3) is 4.25. The van der Waals surface area contributed by atoms with E-state index >= 15 is 0 Å². The first-order valence-electron chi connectivity index (χ1n) is 5.92. The number of halogens is 2. The minimum atomic E-state index is -0.838. The molecule has 104 valence electrons. The van der Waals surface area contributed by atoms with Crippen LogP contribution in [0.3, 0.4) is 0 Å². The van der Waals surface area contributed by atoms with Crippen molar-refractivity contribution in [2.45, 2.75) is 13.0 Å². The van der Waals surface area contributed by atoms with E-state index in [0.717, 1.165) is 15.6 Å². The Kier molecular flexibility index (Phi) is 5.04. The van der Waals surface area contributed by atoms with Crippen LogP contribution in [-0.2, 0) is 17.8 Å². The predicted molar refractivity (Wildman–Crippen MR) is 81.3 cm³/mol. The number of hydrogen-bond acceptors (Lipinski definition) is 2. The number of carboxylic acid groups (broad SMARTS) is 1. The van der Waals surface area contributed by atoms with E-state index < -0.39 is 5.97 Å². The second-order valence-corrected chi connectivity index (χ2v) is 5.57. The first kappa shape index (κ1) is 14.9. The van der Waals surface area contributed by atoms with Gasteiger partial charge >= 0.3 is 5.97 Å². The number of carboxylic acids is 1. The van der Waals surface area contributed by atoms with Gasteiger partial charge in [-0.3, -0.25) is 4.79 Å². The van der Waals surface area contributed by atoms with Crippen molar-refractivity contribution in [3.8, 4) is 5.75 Å². The van der Waals surface area contributed by atoms with E-state index in [1.165, 1.54) is 0 Å². The van der Waals surface area contributed by atoms with Crippen LogP contribution in [0, 0.1) is 0 Å². The molecule has 0 aliphatic heterocycles. The van der Waals surface area contributed by atoms with Crippen LogP contribution in [-0.4, -0.2) is 11.1 Å². The fourth-order valence-corrected chi connectivity index (χ4v) is 2.19. The average molecular weight is 356 g/mol. The van der Waals surface area contributed by atoms with Crippen LogP contribution in [0.15, 0.2) is 46.9 Å². The molecule has 0 fully saturated rings. The fraction of sp³-hybridized carbons (Fsp3) is 0.133. The number of hydrogen-bond donors (Lipinski definition) is 1. The second-order valence-electron chi connectivity index (χ2n) is 4.25. The number of ether oxygens (including phenoxy) is 1. The van der Waals surface area contributed by atoms with E-state index in [1.54, 1.807) is 24.3 Å². The summed E-state index contributed by atoms with van der Waals surface area (Å²) in [6.07, 6.45) is 0.0264. The molecule has 2 aromatic rings.